The van der Waals surface area contributed by atoms with Crippen molar-refractivity contribution in [3.05, 3.63) is 0 Å². The normalized spacial score (nSPS) is 2.22. The summed E-state index contributed by atoms with van der Waals surface area (Å²) < 4.78 is 42.0. The van der Waals surface area contributed by atoms with E-state index in [1.807, 2.05) is 0 Å². The van der Waals surface area contributed by atoms with Gasteiger partial charge in [-0.15, -0.1) is 0 Å². The molecule has 0 aromatic rings. The second kappa shape index (κ2) is 77.5. The summed E-state index contributed by atoms with van der Waals surface area (Å²) in [5.74, 6) is 0. The summed E-state index contributed by atoms with van der Waals surface area (Å²) in [6, 6.07) is 0. The predicted octanol–water partition coefficient (Wildman–Crippen LogP) is -1.25. The molecule has 0 heterocycles. The average Bonchev–Trinajstić information content (AvgIpc) is 2.01. The molecule has 0 spiro atoms. The molecule has 0 aliphatic heterocycles. The van der Waals surface area contributed by atoms with Crippen LogP contribution in [0.2, 0.25) is 0 Å². The second-order valence-electron chi connectivity index (χ2n) is 0.0833. The Morgan fingerprint density at radius 3 is 1.11 bits per heavy atom. The van der Waals surface area contributed by atoms with E-state index in [1.165, 1.54) is 0 Å². The van der Waals surface area contributed by atoms with Crippen LogP contribution < -0.4 is 0 Å². The molecule has 5 nitrogen and oxygen atoms in total. The van der Waals surface area contributed by atoms with E-state index in [1.54, 1.807) is 0 Å². The maximum atomic E-state index is 8.50. The van der Waals surface area contributed by atoms with Gasteiger partial charge in [0.15, 0.2) is 0 Å². The summed E-state index contributed by atoms with van der Waals surface area (Å²) in [5, 5.41) is 0. The quantitative estimate of drug-likeness (QED) is 0.485. The van der Waals surface area contributed by atoms with E-state index in [9.17, 15) is 0 Å². The minimum atomic E-state index is -2.00. The molecule has 0 atom stereocenters. The van der Waals surface area contributed by atoms with Gasteiger partial charge in [-0.3, -0.25) is 0 Å². The van der Waals surface area contributed by atoms with Crippen molar-refractivity contribution in [1.82, 2.24) is 0 Å². The van der Waals surface area contributed by atoms with Crippen LogP contribution in [0.3, 0.4) is 0 Å². The van der Waals surface area contributed by atoms with Crippen molar-refractivity contribution >= 4 is 16.2 Å². The molecule has 0 aromatic carbocycles. The topological polar surface area (TPSA) is 85.3 Å². The Labute approximate surface area is 111 Å². The van der Waals surface area contributed by atoms with Crippen LogP contribution in [0.15, 0.2) is 0 Å². The Hall–Kier alpha value is 2.49. The molecular formula is HAlO5PrTiZr. The summed E-state index contributed by atoms with van der Waals surface area (Å²) in [6.07, 6.45) is 0. The van der Waals surface area contributed by atoms with Crippen molar-refractivity contribution in [2.45, 2.75) is 0 Å². The van der Waals surface area contributed by atoms with E-state index in [4.69, 9.17) is 14.3 Å². The molecule has 0 N–H and O–H groups in total. The zero-order valence-electron chi connectivity index (χ0n) is 4.33. The van der Waals surface area contributed by atoms with Crippen molar-refractivity contribution < 1.29 is 97.4 Å². The zero-order chi connectivity index (χ0) is 8.71. The summed E-state index contributed by atoms with van der Waals surface area (Å²) in [4.78, 5) is 0. The molecule has 9 heteroatoms. The maximum absolute atomic E-state index is 8.50. The number of rotatable bonds is 0. The summed E-state index contributed by atoms with van der Waals surface area (Å²) in [5.41, 5.74) is 0. The Kier molecular flexibility index (Phi) is 194. The summed E-state index contributed by atoms with van der Waals surface area (Å²) in [6.45, 7) is 0. The first-order chi connectivity index (χ1) is 4.41. The van der Waals surface area contributed by atoms with Crippen LogP contribution in [0.4, 0.5) is 0 Å². The molecule has 0 saturated heterocycles. The molecule has 45 valence electrons. The van der Waals surface area contributed by atoms with Gasteiger partial charge in [0, 0.05) is 0 Å². The fourth-order valence-electron chi connectivity index (χ4n) is 0. The van der Waals surface area contributed by atoms with Gasteiger partial charge in [-0.25, -0.2) is 0 Å². The monoisotopic (exact) mass is 387 g/mol. The van der Waals surface area contributed by atoms with Crippen LogP contribution in [0.25, 0.3) is 0 Å². The van der Waals surface area contributed by atoms with Gasteiger partial charge in [0.1, 0.15) is 0 Å². The fraction of sp³-hybridized carbons (Fsp3) is 0. The van der Waals surface area contributed by atoms with Crippen LogP contribution in [-0.2, 0) is 58.1 Å². The molecule has 0 saturated carbocycles. The van der Waals surface area contributed by atoms with Crippen molar-refractivity contribution in [1.29, 1.82) is 0 Å². The van der Waals surface area contributed by atoms with Crippen LogP contribution >= 0.6 is 0 Å². The van der Waals surface area contributed by atoms with Gasteiger partial charge in [-0.2, -0.15) is 0 Å². The molecule has 0 aromatic heterocycles. The van der Waals surface area contributed by atoms with Gasteiger partial charge in [0.25, 0.3) is 0 Å². The Bertz CT molecular complexity index is 59.2. The number of hydrogen-bond acceptors (Lipinski definition) is 5. The van der Waals surface area contributed by atoms with E-state index >= 15 is 0 Å². The molecule has 0 amide bonds. The van der Waals surface area contributed by atoms with Gasteiger partial charge in [0.05, 0.1) is 0 Å². The van der Waals surface area contributed by atoms with E-state index < -0.39 is 19.1 Å². The van der Waals surface area contributed by atoms with Gasteiger partial charge >= 0.3 is 114 Å². The van der Waals surface area contributed by atoms with Gasteiger partial charge in [0.2, 0.25) is 0 Å². The van der Waals surface area contributed by atoms with Crippen LogP contribution in [0, 0.1) is 39.3 Å². The van der Waals surface area contributed by atoms with Gasteiger partial charge < -0.3 is 0 Å². The first-order valence-corrected chi connectivity index (χ1v) is 5.50. The Balaban J connectivity index is -0.0000000190. The molecule has 0 bridgehead atoms. The predicted molar refractivity (Wildman–Crippen MR) is 10.6 cm³/mol. The van der Waals surface area contributed by atoms with Crippen LogP contribution in [0.5, 0.6) is 0 Å². The van der Waals surface area contributed by atoms with Crippen LogP contribution in [0.1, 0.15) is 0 Å². The van der Waals surface area contributed by atoms with Gasteiger partial charge in [-0.05, 0) is 0 Å². The minimum absolute atomic E-state index is 0.0833. The third-order valence-corrected chi connectivity index (χ3v) is 0. The second-order valence-corrected chi connectivity index (χ2v) is 0.344. The number of hydrogen-bond donors (Lipinski definition) is 0. The molecule has 9 heavy (non-hydrogen) atoms. The van der Waals surface area contributed by atoms with Crippen molar-refractivity contribution in [2.75, 3.05) is 0 Å². The Morgan fingerprint density at radius 1 is 1.11 bits per heavy atom. The molecule has 0 unspecified atom stereocenters. The molecule has 0 radical (unpaired) electrons. The summed E-state index contributed by atoms with van der Waals surface area (Å²) >= 11 is -1.17. The van der Waals surface area contributed by atoms with E-state index in [0.717, 1.165) is 0 Å². The van der Waals surface area contributed by atoms with E-state index in [0.29, 0.717) is 40.9 Å². The first-order valence-electron chi connectivity index (χ1n) is 1.14. The van der Waals surface area contributed by atoms with E-state index in [-0.39, 0.29) is 39.3 Å². The zero-order valence-corrected chi connectivity index (χ0v) is 13.5. The van der Waals surface area contributed by atoms with Crippen molar-refractivity contribution in [3.63, 3.8) is 0 Å². The van der Waals surface area contributed by atoms with Crippen LogP contribution in [-0.4, -0.2) is 16.2 Å². The first kappa shape index (κ1) is 22.5. The van der Waals surface area contributed by atoms with Crippen molar-refractivity contribution in [3.8, 4) is 0 Å². The third-order valence-electron chi connectivity index (χ3n) is 0. The fourth-order valence-corrected chi connectivity index (χ4v) is 0. The van der Waals surface area contributed by atoms with E-state index in [2.05, 4.69) is 0 Å². The standard InChI is InChI=1S/Al.5O.Pr.Ti.Zr.H. The van der Waals surface area contributed by atoms with Gasteiger partial charge in [-0.1, -0.05) is 0 Å². The molecule has 0 aliphatic carbocycles. The van der Waals surface area contributed by atoms with Crippen molar-refractivity contribution in [2.24, 2.45) is 0 Å². The molecule has 0 fully saturated rings. The third kappa shape index (κ3) is 122. The molecule has 0 rings (SSSR count). The molecule has 0 aliphatic rings. The SMILES string of the molecule is [O]=[AlH].[O]=[Pr].[O]=[Ti]=[O].[O]=[Zr]. The average molecular weight is 388 g/mol. The Morgan fingerprint density at radius 2 is 1.11 bits per heavy atom. The summed E-state index contributed by atoms with van der Waals surface area (Å²) in [7, 11) is 0. The molecular weight excluding hydrogens is 387 g/mol.